The minimum atomic E-state index is -0.577. The molecule has 1 aliphatic rings. The van der Waals surface area contributed by atoms with Gasteiger partial charge in [0, 0.05) is 6.42 Å². The van der Waals surface area contributed by atoms with E-state index in [0.717, 1.165) is 5.56 Å². The van der Waals surface area contributed by atoms with Gasteiger partial charge in [-0.15, -0.1) is 0 Å². The van der Waals surface area contributed by atoms with Gasteiger partial charge in [-0.3, -0.25) is 4.79 Å². The lowest BCUT2D eigenvalue weighted by Crippen LogP contribution is -2.31. The first-order valence-electron chi connectivity index (χ1n) is 5.35. The van der Waals surface area contributed by atoms with Crippen LogP contribution in [0.2, 0.25) is 0 Å². The first-order valence-corrected chi connectivity index (χ1v) is 5.35. The molecule has 1 aromatic rings. The topological polar surface area (TPSA) is 46.5 Å². The first-order chi connectivity index (χ1) is 7.74. The van der Waals surface area contributed by atoms with Crippen LogP contribution in [-0.2, 0) is 9.53 Å². The molecule has 0 aromatic heterocycles. The molecule has 1 saturated heterocycles. The Morgan fingerprint density at radius 3 is 2.75 bits per heavy atom. The molecule has 2 atom stereocenters. The molecule has 0 amide bonds. The van der Waals surface area contributed by atoms with Gasteiger partial charge in [-0.25, -0.2) is 0 Å². The highest BCUT2D eigenvalue weighted by Crippen LogP contribution is 2.16. The summed E-state index contributed by atoms with van der Waals surface area (Å²) >= 11 is 0. The second-order valence-electron chi connectivity index (χ2n) is 3.89. The van der Waals surface area contributed by atoms with Crippen LogP contribution in [-0.4, -0.2) is 23.3 Å². The van der Waals surface area contributed by atoms with Gasteiger partial charge in [0.1, 0.15) is 6.10 Å². The van der Waals surface area contributed by atoms with Crippen molar-refractivity contribution in [3.8, 4) is 0 Å². The number of benzene rings is 1. The monoisotopic (exact) mass is 218 g/mol. The van der Waals surface area contributed by atoms with Crippen LogP contribution in [0.4, 0.5) is 0 Å². The average Bonchev–Trinajstić information content (AvgIpc) is 2.27. The van der Waals surface area contributed by atoms with Gasteiger partial charge < -0.3 is 9.84 Å². The predicted octanol–water partition coefficient (Wildman–Crippen LogP) is 1.77. The molecule has 0 spiro atoms. The highest BCUT2D eigenvalue weighted by Gasteiger charge is 2.25. The second kappa shape index (κ2) is 4.94. The molecule has 1 aromatic carbocycles. The van der Waals surface area contributed by atoms with Gasteiger partial charge >= 0.3 is 5.97 Å². The van der Waals surface area contributed by atoms with Crippen molar-refractivity contribution in [3.63, 3.8) is 0 Å². The number of hydrogen-bond acceptors (Lipinski definition) is 3. The third-order valence-electron chi connectivity index (χ3n) is 2.49. The van der Waals surface area contributed by atoms with Crippen molar-refractivity contribution < 1.29 is 14.6 Å². The van der Waals surface area contributed by atoms with E-state index in [1.807, 2.05) is 42.5 Å². The van der Waals surface area contributed by atoms with Crippen molar-refractivity contribution in [1.82, 2.24) is 0 Å². The molecule has 3 nitrogen and oxygen atoms in total. The highest BCUT2D eigenvalue weighted by atomic mass is 16.5. The number of aliphatic hydroxyl groups excluding tert-OH is 1. The fourth-order valence-electron chi connectivity index (χ4n) is 1.71. The normalized spacial score (nSPS) is 25.7. The maximum atomic E-state index is 11.1. The Morgan fingerprint density at radius 1 is 1.31 bits per heavy atom. The van der Waals surface area contributed by atoms with Crippen LogP contribution >= 0.6 is 0 Å². The van der Waals surface area contributed by atoms with Crippen LogP contribution in [0.25, 0.3) is 6.08 Å². The number of esters is 1. The molecular weight excluding hydrogens is 204 g/mol. The SMILES string of the molecule is O=C1C[C@@H](O)C[C@H](C=Cc2ccccc2)O1. The maximum Gasteiger partial charge on any atom is 0.309 e. The molecule has 1 N–H and O–H groups in total. The number of hydrogen-bond donors (Lipinski definition) is 1. The van der Waals surface area contributed by atoms with Crippen LogP contribution in [0.15, 0.2) is 36.4 Å². The number of carbonyl (C=O) groups is 1. The third kappa shape index (κ3) is 2.94. The molecule has 0 unspecified atom stereocenters. The summed E-state index contributed by atoms with van der Waals surface area (Å²) in [5, 5.41) is 9.41. The Balaban J connectivity index is 1.99. The van der Waals surface area contributed by atoms with Crippen molar-refractivity contribution in [2.24, 2.45) is 0 Å². The number of rotatable bonds is 2. The first kappa shape index (κ1) is 10.9. The van der Waals surface area contributed by atoms with E-state index in [4.69, 9.17) is 4.74 Å². The van der Waals surface area contributed by atoms with Crippen LogP contribution in [0, 0.1) is 0 Å². The molecule has 0 radical (unpaired) electrons. The minimum absolute atomic E-state index is 0.107. The lowest BCUT2D eigenvalue weighted by Gasteiger charge is -2.23. The van der Waals surface area contributed by atoms with E-state index < -0.39 is 6.10 Å². The van der Waals surface area contributed by atoms with E-state index in [-0.39, 0.29) is 18.5 Å². The van der Waals surface area contributed by atoms with E-state index in [1.165, 1.54) is 0 Å². The minimum Gasteiger partial charge on any atom is -0.458 e. The Morgan fingerprint density at radius 2 is 2.06 bits per heavy atom. The van der Waals surface area contributed by atoms with E-state index in [2.05, 4.69) is 0 Å². The summed E-state index contributed by atoms with van der Waals surface area (Å²) in [6.07, 6.45) is 3.42. The van der Waals surface area contributed by atoms with Crippen LogP contribution in [0.3, 0.4) is 0 Å². The lowest BCUT2D eigenvalue weighted by atomic mass is 10.0. The Hall–Kier alpha value is -1.61. The zero-order valence-electron chi connectivity index (χ0n) is 8.87. The second-order valence-corrected chi connectivity index (χ2v) is 3.89. The number of aliphatic hydroxyl groups is 1. The molecule has 1 aliphatic heterocycles. The largest absolute Gasteiger partial charge is 0.458 e. The fourth-order valence-corrected chi connectivity index (χ4v) is 1.71. The smallest absolute Gasteiger partial charge is 0.309 e. The number of cyclic esters (lactones) is 1. The molecule has 0 bridgehead atoms. The summed E-state index contributed by atoms with van der Waals surface area (Å²) in [7, 11) is 0. The van der Waals surface area contributed by atoms with Gasteiger partial charge in [-0.1, -0.05) is 36.4 Å². The maximum absolute atomic E-state index is 11.1. The number of carbonyl (C=O) groups excluding carboxylic acids is 1. The zero-order valence-corrected chi connectivity index (χ0v) is 8.87. The van der Waals surface area contributed by atoms with E-state index in [1.54, 1.807) is 0 Å². The molecule has 84 valence electrons. The molecule has 1 heterocycles. The Bertz CT molecular complexity index is 383. The summed E-state index contributed by atoms with van der Waals surface area (Å²) in [6, 6.07) is 9.78. The molecule has 0 saturated carbocycles. The molecule has 1 fully saturated rings. The third-order valence-corrected chi connectivity index (χ3v) is 2.49. The van der Waals surface area contributed by atoms with Gasteiger partial charge in [-0.2, -0.15) is 0 Å². The average molecular weight is 218 g/mol. The molecular formula is C13H14O3. The standard InChI is InChI=1S/C13H14O3/c14-11-8-12(16-13(15)9-11)7-6-10-4-2-1-3-5-10/h1-7,11-12,14H,8-9H2/t11-,12-/m0/s1. The summed E-state index contributed by atoms with van der Waals surface area (Å²) in [6.45, 7) is 0. The zero-order chi connectivity index (χ0) is 11.4. The predicted molar refractivity (Wildman–Crippen MR) is 60.6 cm³/mol. The molecule has 0 aliphatic carbocycles. The summed E-state index contributed by atoms with van der Waals surface area (Å²) in [5.41, 5.74) is 1.05. The molecule has 16 heavy (non-hydrogen) atoms. The van der Waals surface area contributed by atoms with Crippen LogP contribution in [0.5, 0.6) is 0 Å². The van der Waals surface area contributed by atoms with Crippen molar-refractivity contribution in [2.75, 3.05) is 0 Å². The molecule has 2 rings (SSSR count). The van der Waals surface area contributed by atoms with E-state index in [0.29, 0.717) is 6.42 Å². The van der Waals surface area contributed by atoms with E-state index >= 15 is 0 Å². The van der Waals surface area contributed by atoms with E-state index in [9.17, 15) is 9.90 Å². The van der Waals surface area contributed by atoms with Crippen molar-refractivity contribution in [1.29, 1.82) is 0 Å². The summed E-state index contributed by atoms with van der Waals surface area (Å²) < 4.78 is 5.09. The van der Waals surface area contributed by atoms with Crippen LogP contribution < -0.4 is 0 Å². The van der Waals surface area contributed by atoms with Gasteiger partial charge in [0.05, 0.1) is 12.5 Å². The Kier molecular flexibility index (Phi) is 3.37. The summed E-state index contributed by atoms with van der Waals surface area (Å²) in [4.78, 5) is 11.1. The highest BCUT2D eigenvalue weighted by molar-refractivity contribution is 5.71. The van der Waals surface area contributed by atoms with Gasteiger partial charge in [0.15, 0.2) is 0 Å². The Labute approximate surface area is 94.4 Å². The van der Waals surface area contributed by atoms with Gasteiger partial charge in [0.25, 0.3) is 0 Å². The van der Waals surface area contributed by atoms with Crippen molar-refractivity contribution >= 4 is 12.0 Å². The van der Waals surface area contributed by atoms with Gasteiger partial charge in [0.2, 0.25) is 0 Å². The van der Waals surface area contributed by atoms with Crippen molar-refractivity contribution in [3.05, 3.63) is 42.0 Å². The van der Waals surface area contributed by atoms with Crippen molar-refractivity contribution in [2.45, 2.75) is 25.0 Å². The number of ether oxygens (including phenoxy) is 1. The molecule has 3 heteroatoms. The van der Waals surface area contributed by atoms with Gasteiger partial charge in [-0.05, 0) is 11.6 Å². The fraction of sp³-hybridized carbons (Fsp3) is 0.308. The lowest BCUT2D eigenvalue weighted by molar-refractivity contribution is -0.156. The quantitative estimate of drug-likeness (QED) is 0.769. The summed E-state index contributed by atoms with van der Waals surface area (Å²) in [5.74, 6) is -0.332. The van der Waals surface area contributed by atoms with Crippen LogP contribution in [0.1, 0.15) is 18.4 Å².